The maximum Gasteiger partial charge on any atom is -0.0258 e. The Labute approximate surface area is 126 Å². The van der Waals surface area contributed by atoms with Gasteiger partial charge in [-0.1, -0.05) is 34.1 Å². The fourth-order valence-electron chi connectivity index (χ4n) is 8.12. The molecular formula is C20H34. The third kappa shape index (κ3) is 1.60. The minimum absolute atomic E-state index is 0.607. The van der Waals surface area contributed by atoms with E-state index < -0.39 is 0 Å². The van der Waals surface area contributed by atoms with Crippen LogP contribution in [0.1, 0.15) is 85.5 Å². The molecule has 0 aromatic heterocycles. The van der Waals surface area contributed by atoms with Gasteiger partial charge >= 0.3 is 0 Å². The summed E-state index contributed by atoms with van der Waals surface area (Å²) in [5.41, 5.74) is 2.06. The number of hydrogen-bond donors (Lipinski definition) is 0. The quantitative estimate of drug-likeness (QED) is 0.504. The lowest BCUT2D eigenvalue weighted by atomic mass is 9.41. The second kappa shape index (κ2) is 4.05. The largest absolute Gasteiger partial charge is 0.0622 e. The maximum absolute atomic E-state index is 2.72. The molecule has 4 fully saturated rings. The Kier molecular flexibility index (Phi) is 2.76. The van der Waals surface area contributed by atoms with E-state index in [1.165, 1.54) is 19.3 Å². The lowest BCUT2D eigenvalue weighted by Crippen LogP contribution is -2.55. The van der Waals surface area contributed by atoms with Crippen LogP contribution in [-0.4, -0.2) is 0 Å². The van der Waals surface area contributed by atoms with E-state index in [-0.39, 0.29) is 0 Å². The van der Waals surface area contributed by atoms with E-state index in [4.69, 9.17) is 0 Å². The molecule has 4 aliphatic carbocycles. The van der Waals surface area contributed by atoms with Crippen LogP contribution in [-0.2, 0) is 0 Å². The Balaban J connectivity index is 1.72. The zero-order valence-corrected chi connectivity index (χ0v) is 14.2. The van der Waals surface area contributed by atoms with Gasteiger partial charge in [-0.05, 0) is 91.3 Å². The Morgan fingerprint density at radius 1 is 0.800 bits per heavy atom. The van der Waals surface area contributed by atoms with Crippen LogP contribution in [0.5, 0.6) is 0 Å². The van der Waals surface area contributed by atoms with E-state index in [0.717, 1.165) is 29.1 Å². The van der Waals surface area contributed by atoms with Crippen LogP contribution < -0.4 is 0 Å². The molecule has 1 unspecified atom stereocenters. The van der Waals surface area contributed by atoms with Gasteiger partial charge in [0.2, 0.25) is 0 Å². The zero-order chi connectivity index (χ0) is 14.2. The number of rotatable bonds is 0. The van der Waals surface area contributed by atoms with Crippen LogP contribution in [0.4, 0.5) is 0 Å². The molecule has 4 rings (SSSR count). The first kappa shape index (κ1) is 13.6. The second-order valence-electron chi connectivity index (χ2n) is 10.1. The maximum atomic E-state index is 2.72. The summed E-state index contributed by atoms with van der Waals surface area (Å²) in [5, 5.41) is 0. The Bertz CT molecular complexity index is 404. The molecule has 4 aliphatic rings. The summed E-state index contributed by atoms with van der Waals surface area (Å²) < 4.78 is 0. The van der Waals surface area contributed by atoms with Gasteiger partial charge in [-0.3, -0.25) is 0 Å². The molecule has 0 nitrogen and oxygen atoms in total. The summed E-state index contributed by atoms with van der Waals surface area (Å²) in [7, 11) is 0. The van der Waals surface area contributed by atoms with Crippen LogP contribution >= 0.6 is 0 Å². The van der Waals surface area contributed by atoms with E-state index in [0.29, 0.717) is 10.8 Å². The lowest BCUT2D eigenvalue weighted by molar-refractivity contribution is -0.144. The van der Waals surface area contributed by atoms with Crippen molar-refractivity contribution < 1.29 is 0 Å². The third-order valence-corrected chi connectivity index (χ3v) is 8.77. The van der Waals surface area contributed by atoms with Gasteiger partial charge in [0.15, 0.2) is 0 Å². The van der Waals surface area contributed by atoms with Gasteiger partial charge < -0.3 is 0 Å². The molecule has 0 saturated heterocycles. The Hall–Kier alpha value is 0. The summed E-state index contributed by atoms with van der Waals surface area (Å²) >= 11 is 0. The molecule has 4 saturated carbocycles. The van der Waals surface area contributed by atoms with Crippen molar-refractivity contribution in [1.29, 1.82) is 0 Å². The van der Waals surface area contributed by atoms with Gasteiger partial charge in [0.25, 0.3) is 0 Å². The van der Waals surface area contributed by atoms with Crippen LogP contribution in [0.3, 0.4) is 0 Å². The summed E-state index contributed by atoms with van der Waals surface area (Å²) in [6, 6.07) is 0. The summed E-state index contributed by atoms with van der Waals surface area (Å²) in [6.45, 7) is 10.4. The molecule has 0 N–H and O–H groups in total. The number of fused-ring (bicyclic) bond motifs is 3. The number of hydrogen-bond acceptors (Lipinski definition) is 0. The average molecular weight is 274 g/mol. The van der Waals surface area contributed by atoms with Crippen molar-refractivity contribution >= 4 is 0 Å². The van der Waals surface area contributed by atoms with E-state index in [9.17, 15) is 0 Å². The van der Waals surface area contributed by atoms with Crippen LogP contribution in [0.2, 0.25) is 0 Å². The summed E-state index contributed by atoms with van der Waals surface area (Å²) in [6.07, 6.45) is 13.9. The molecule has 0 radical (unpaired) electrons. The molecule has 0 aromatic carbocycles. The fourth-order valence-corrected chi connectivity index (χ4v) is 8.12. The van der Waals surface area contributed by atoms with Crippen LogP contribution in [0.15, 0.2) is 0 Å². The normalized spacial score (nSPS) is 57.0. The Morgan fingerprint density at radius 3 is 2.40 bits per heavy atom. The standard InChI is InChI=1S/C20H34/c1-14-12-20-11-8-16-18(2,3)9-5-10-19(16,4)17(20)7-6-15(14)13-20/h14-17H,5-13H2,1-4H3/t14?,15-,16+,17+,19+,20+/m0/s1. The molecule has 0 amide bonds. The van der Waals surface area contributed by atoms with Crippen molar-refractivity contribution in [3.8, 4) is 0 Å². The predicted molar refractivity (Wildman–Crippen MR) is 85.5 cm³/mol. The van der Waals surface area contributed by atoms with Gasteiger partial charge in [0.1, 0.15) is 0 Å². The van der Waals surface area contributed by atoms with Crippen molar-refractivity contribution in [2.24, 2.45) is 39.9 Å². The van der Waals surface area contributed by atoms with E-state index in [2.05, 4.69) is 27.7 Å². The Morgan fingerprint density at radius 2 is 1.60 bits per heavy atom. The van der Waals surface area contributed by atoms with Crippen molar-refractivity contribution in [3.63, 3.8) is 0 Å². The minimum atomic E-state index is 0.607. The first-order valence-corrected chi connectivity index (χ1v) is 9.37. The van der Waals surface area contributed by atoms with Crippen molar-refractivity contribution in [1.82, 2.24) is 0 Å². The highest BCUT2D eigenvalue weighted by Crippen LogP contribution is 2.72. The molecule has 20 heavy (non-hydrogen) atoms. The van der Waals surface area contributed by atoms with Crippen molar-refractivity contribution in [2.45, 2.75) is 85.5 Å². The molecule has 0 aliphatic heterocycles. The molecule has 0 heteroatoms. The molecule has 0 heterocycles. The average Bonchev–Trinajstić information content (AvgIpc) is 2.58. The SMILES string of the molecule is CC1C[C@@]23CC[C@@H]4C(C)(C)CCC[C@@]4(C)[C@H]2CC[C@H]1C3. The molecule has 114 valence electrons. The monoisotopic (exact) mass is 274 g/mol. The molecule has 0 aromatic rings. The first-order chi connectivity index (χ1) is 9.37. The lowest BCUT2D eigenvalue weighted by Gasteiger charge is -2.64. The van der Waals surface area contributed by atoms with Gasteiger partial charge in [-0.15, -0.1) is 0 Å². The summed E-state index contributed by atoms with van der Waals surface area (Å²) in [5.74, 6) is 4.18. The van der Waals surface area contributed by atoms with Gasteiger partial charge in [0.05, 0.1) is 0 Å². The third-order valence-electron chi connectivity index (χ3n) is 8.77. The highest BCUT2D eigenvalue weighted by Gasteiger charge is 2.63. The van der Waals surface area contributed by atoms with E-state index >= 15 is 0 Å². The highest BCUT2D eigenvalue weighted by atomic mass is 14.7. The second-order valence-corrected chi connectivity index (χ2v) is 10.1. The minimum Gasteiger partial charge on any atom is -0.0622 e. The van der Waals surface area contributed by atoms with E-state index in [1.807, 2.05) is 0 Å². The molecular weight excluding hydrogens is 240 g/mol. The summed E-state index contributed by atoms with van der Waals surface area (Å²) in [4.78, 5) is 0. The molecule has 1 spiro atoms. The predicted octanol–water partition coefficient (Wildman–Crippen LogP) is 6.06. The zero-order valence-electron chi connectivity index (χ0n) is 14.2. The topological polar surface area (TPSA) is 0 Å². The fraction of sp³-hybridized carbons (Fsp3) is 1.00. The molecule has 6 atom stereocenters. The van der Waals surface area contributed by atoms with Crippen molar-refractivity contribution in [3.05, 3.63) is 0 Å². The van der Waals surface area contributed by atoms with Crippen LogP contribution in [0.25, 0.3) is 0 Å². The smallest absolute Gasteiger partial charge is 0.0258 e. The molecule has 2 bridgehead atoms. The van der Waals surface area contributed by atoms with Gasteiger partial charge in [-0.25, -0.2) is 0 Å². The van der Waals surface area contributed by atoms with Gasteiger partial charge in [0, 0.05) is 0 Å². The van der Waals surface area contributed by atoms with Gasteiger partial charge in [-0.2, -0.15) is 0 Å². The highest BCUT2D eigenvalue weighted by molar-refractivity contribution is 5.12. The van der Waals surface area contributed by atoms with Crippen LogP contribution in [0, 0.1) is 39.9 Å². The first-order valence-electron chi connectivity index (χ1n) is 9.37. The van der Waals surface area contributed by atoms with Crippen molar-refractivity contribution in [2.75, 3.05) is 0 Å². The van der Waals surface area contributed by atoms with E-state index in [1.54, 1.807) is 38.5 Å².